The lowest BCUT2D eigenvalue weighted by Gasteiger charge is -2.47. The van der Waals surface area contributed by atoms with Crippen molar-refractivity contribution in [2.75, 3.05) is 64.9 Å². The highest BCUT2D eigenvalue weighted by Gasteiger charge is 2.32. The third kappa shape index (κ3) is 4.38. The molecule has 0 spiro atoms. The van der Waals surface area contributed by atoms with Gasteiger partial charge in [-0.15, -0.1) is 0 Å². The number of likely N-dealkylation sites (tertiary alicyclic amines) is 1. The Kier molecular flexibility index (Phi) is 6.53. The van der Waals surface area contributed by atoms with Gasteiger partial charge in [0.2, 0.25) is 0 Å². The van der Waals surface area contributed by atoms with E-state index in [4.69, 9.17) is 4.74 Å². The molecule has 2 aliphatic heterocycles. The predicted octanol–water partition coefficient (Wildman–Crippen LogP) is 1.84. The van der Waals surface area contributed by atoms with E-state index in [0.29, 0.717) is 17.2 Å². The molecule has 32 heavy (non-hydrogen) atoms. The lowest BCUT2D eigenvalue weighted by Crippen LogP contribution is -2.62. The van der Waals surface area contributed by atoms with Crippen molar-refractivity contribution < 1.29 is 13.9 Å². The fraction of sp³-hybridized carbons (Fsp3) is 0.565. The molecule has 9 heteroatoms. The Balaban J connectivity index is 1.52. The lowest BCUT2D eigenvalue weighted by molar-refractivity contribution is 0.0487. The second-order valence-electron chi connectivity index (χ2n) is 8.73. The van der Waals surface area contributed by atoms with Gasteiger partial charge in [-0.2, -0.15) is 4.98 Å². The number of likely N-dealkylation sites (N-methyl/N-ethyl adjacent to an activating group) is 1. The number of benzene rings is 1. The molecule has 0 bridgehead atoms. The van der Waals surface area contributed by atoms with Crippen LogP contribution in [0.3, 0.4) is 0 Å². The number of carbonyl (C=O) groups is 1. The first kappa shape index (κ1) is 22.4. The number of anilines is 1. The van der Waals surface area contributed by atoms with Crippen LogP contribution in [-0.4, -0.2) is 91.4 Å². The smallest absolute Gasteiger partial charge is 0.330 e. The first-order valence-electron chi connectivity index (χ1n) is 11.1. The molecule has 8 nitrogen and oxygen atoms in total. The van der Waals surface area contributed by atoms with Gasteiger partial charge in [-0.1, -0.05) is 25.7 Å². The number of fused-ring (bicyclic) bond motifs is 1. The third-order valence-electron chi connectivity index (χ3n) is 6.03. The number of methoxy groups -OCH3 is 1. The van der Waals surface area contributed by atoms with Crippen LogP contribution >= 0.6 is 0 Å². The van der Waals surface area contributed by atoms with E-state index in [1.165, 1.54) is 11.7 Å². The van der Waals surface area contributed by atoms with Crippen LogP contribution in [0.2, 0.25) is 0 Å². The Labute approximate surface area is 188 Å². The molecule has 4 rings (SSSR count). The summed E-state index contributed by atoms with van der Waals surface area (Å²) < 4.78 is 22.0. The van der Waals surface area contributed by atoms with Crippen molar-refractivity contribution in [2.24, 2.45) is 5.92 Å². The van der Waals surface area contributed by atoms with Crippen molar-refractivity contribution in [1.29, 1.82) is 0 Å². The molecule has 0 radical (unpaired) electrons. The summed E-state index contributed by atoms with van der Waals surface area (Å²) in [6.45, 7) is 9.69. The number of nitrogens with one attached hydrogen (secondary N) is 1. The first-order valence-corrected chi connectivity index (χ1v) is 11.1. The van der Waals surface area contributed by atoms with Gasteiger partial charge in [0.1, 0.15) is 5.52 Å². The molecule has 1 amide bonds. The molecule has 1 aromatic carbocycles. The number of halogens is 1. The van der Waals surface area contributed by atoms with Crippen LogP contribution in [-0.2, 0) is 0 Å². The zero-order valence-electron chi connectivity index (χ0n) is 19.2. The molecule has 2 saturated heterocycles. The number of aromatic nitrogens is 2. The van der Waals surface area contributed by atoms with Gasteiger partial charge in [0.05, 0.1) is 24.9 Å². The Morgan fingerprint density at radius 1 is 1.28 bits per heavy atom. The van der Waals surface area contributed by atoms with Gasteiger partial charge < -0.3 is 19.9 Å². The summed E-state index contributed by atoms with van der Waals surface area (Å²) in [6.07, 6.45) is 0. The molecule has 2 aromatic rings. The van der Waals surface area contributed by atoms with Crippen molar-refractivity contribution in [3.05, 3.63) is 17.9 Å². The highest BCUT2D eigenvalue weighted by molar-refractivity contribution is 5.93. The average Bonchev–Trinajstić information content (AvgIpc) is 3.14. The van der Waals surface area contributed by atoms with Crippen molar-refractivity contribution in [3.63, 3.8) is 0 Å². The predicted molar refractivity (Wildman–Crippen MR) is 123 cm³/mol. The molecule has 0 atom stereocenters. The summed E-state index contributed by atoms with van der Waals surface area (Å²) in [5.41, 5.74) is 1.01. The largest absolute Gasteiger partial charge is 0.468 e. The Hall–Kier alpha value is -2.83. The maximum atomic E-state index is 15.5. The molecule has 2 fully saturated rings. The summed E-state index contributed by atoms with van der Waals surface area (Å²) >= 11 is 0. The molecule has 1 N–H and O–H groups in total. The van der Waals surface area contributed by atoms with Crippen molar-refractivity contribution in [2.45, 2.75) is 19.9 Å². The van der Waals surface area contributed by atoms with Crippen LogP contribution in [0.25, 0.3) is 11.0 Å². The topological polar surface area (TPSA) is 65.9 Å². The van der Waals surface area contributed by atoms with Crippen LogP contribution in [0.1, 0.15) is 13.8 Å². The minimum absolute atomic E-state index is 0.0456. The lowest BCUT2D eigenvalue weighted by atomic mass is 10.1. The van der Waals surface area contributed by atoms with E-state index < -0.39 is 11.8 Å². The monoisotopic (exact) mass is 442 g/mol. The van der Waals surface area contributed by atoms with Gasteiger partial charge in [0.15, 0.2) is 5.82 Å². The highest BCUT2D eigenvalue weighted by Crippen LogP contribution is 2.31. The van der Waals surface area contributed by atoms with Crippen LogP contribution in [0.4, 0.5) is 14.9 Å². The summed E-state index contributed by atoms with van der Waals surface area (Å²) in [6, 6.07) is 3.67. The van der Waals surface area contributed by atoms with E-state index in [1.807, 2.05) is 13.8 Å². The number of rotatable bonds is 4. The number of carbonyl (C=O) groups excluding carboxylic acids is 1. The van der Waals surface area contributed by atoms with Crippen LogP contribution < -0.4 is 15.0 Å². The van der Waals surface area contributed by atoms with Gasteiger partial charge in [-0.3, -0.25) is 4.90 Å². The molecular weight excluding hydrogens is 411 g/mol. The number of hydrogen-bond acceptors (Lipinski definition) is 6. The van der Waals surface area contributed by atoms with Gasteiger partial charge >= 0.3 is 12.0 Å². The summed E-state index contributed by atoms with van der Waals surface area (Å²) in [4.78, 5) is 23.8. The quantitative estimate of drug-likeness (QED) is 0.729. The zero-order chi connectivity index (χ0) is 22.8. The fourth-order valence-electron chi connectivity index (χ4n) is 4.34. The number of ether oxygens (including phenoxy) is 1. The molecular formula is C23H31FN6O2. The Bertz CT molecular complexity index is 1040. The maximum absolute atomic E-state index is 15.5. The van der Waals surface area contributed by atoms with Crippen LogP contribution in [0, 0.1) is 23.6 Å². The van der Waals surface area contributed by atoms with E-state index in [0.717, 1.165) is 39.3 Å². The maximum Gasteiger partial charge on any atom is 0.330 e. The Morgan fingerprint density at radius 3 is 2.62 bits per heavy atom. The van der Waals surface area contributed by atoms with E-state index in [1.54, 1.807) is 12.1 Å². The van der Waals surface area contributed by atoms with Crippen molar-refractivity contribution >= 4 is 22.8 Å². The van der Waals surface area contributed by atoms with E-state index in [9.17, 15) is 4.79 Å². The van der Waals surface area contributed by atoms with Gasteiger partial charge in [0, 0.05) is 51.2 Å². The minimum Gasteiger partial charge on any atom is -0.468 e. The van der Waals surface area contributed by atoms with Gasteiger partial charge in [0.25, 0.3) is 0 Å². The summed E-state index contributed by atoms with van der Waals surface area (Å²) in [5, 5.41) is 2.72. The molecule has 2 aliphatic rings. The first-order chi connectivity index (χ1) is 15.4. The summed E-state index contributed by atoms with van der Waals surface area (Å²) in [5.74, 6) is 5.69. The van der Waals surface area contributed by atoms with Crippen LogP contribution in [0.15, 0.2) is 12.1 Å². The number of hydrogen-bond donors (Lipinski definition) is 1. The van der Waals surface area contributed by atoms with Gasteiger partial charge in [-0.05, 0) is 19.2 Å². The minimum atomic E-state index is -0.450. The summed E-state index contributed by atoms with van der Waals surface area (Å²) in [7, 11) is 3.55. The standard InChI is InChI=1S/C23H31FN6O2/c1-16(2)6-5-9-25-22(31)30-19-8-7-18(20(24)21(19)26-23(30)32-4)29-12-10-28(11-13-29)17-14-27(3)15-17/h7-8,16-17H,9-15H2,1-4H3,(H,25,31). The number of amides is 1. The molecule has 1 aromatic heterocycles. The van der Waals surface area contributed by atoms with Gasteiger partial charge in [-0.25, -0.2) is 13.8 Å². The van der Waals surface area contributed by atoms with E-state index in [2.05, 4.69) is 43.9 Å². The number of nitrogens with zero attached hydrogens (tertiary/aromatic N) is 5. The second-order valence-corrected chi connectivity index (χ2v) is 8.73. The fourth-order valence-corrected chi connectivity index (χ4v) is 4.34. The normalized spacial score (nSPS) is 17.9. The highest BCUT2D eigenvalue weighted by atomic mass is 19.1. The van der Waals surface area contributed by atoms with E-state index in [-0.39, 0.29) is 24.0 Å². The third-order valence-corrected chi connectivity index (χ3v) is 6.03. The SMILES string of the molecule is COc1nc2c(F)c(N3CCN(C4CN(C)C4)CC3)ccc2n1C(=O)NCC#CC(C)C. The number of piperazine rings is 1. The molecule has 3 heterocycles. The zero-order valence-corrected chi connectivity index (χ0v) is 19.2. The average molecular weight is 443 g/mol. The van der Waals surface area contributed by atoms with E-state index >= 15 is 4.39 Å². The molecule has 172 valence electrons. The molecule has 0 saturated carbocycles. The Morgan fingerprint density at radius 2 is 2.00 bits per heavy atom. The molecule has 0 aliphatic carbocycles. The van der Waals surface area contributed by atoms with Crippen molar-refractivity contribution in [3.8, 4) is 17.9 Å². The van der Waals surface area contributed by atoms with Crippen molar-refractivity contribution in [1.82, 2.24) is 24.7 Å². The molecule has 0 unspecified atom stereocenters. The van der Waals surface area contributed by atoms with Crippen LogP contribution in [0.5, 0.6) is 6.01 Å². The second kappa shape index (κ2) is 9.35. The number of imidazole rings is 1.